The van der Waals surface area contributed by atoms with Gasteiger partial charge in [0.2, 0.25) is 5.91 Å². The van der Waals surface area contributed by atoms with Crippen LogP contribution in [0.2, 0.25) is 0 Å². The van der Waals surface area contributed by atoms with Crippen LogP contribution in [0.1, 0.15) is 22.9 Å². The van der Waals surface area contributed by atoms with E-state index in [4.69, 9.17) is 0 Å². The van der Waals surface area contributed by atoms with Crippen molar-refractivity contribution in [1.29, 1.82) is 0 Å². The smallest absolute Gasteiger partial charge is 0.234 e. The summed E-state index contributed by atoms with van der Waals surface area (Å²) in [6.45, 7) is 0.952. The standard InChI is InChI=1S/C20H22N4OS/c1-24(13-18-6-2-3-9-22-18)14-20(25)23-19(11-16-7-10-26-15-16)17-5-4-8-21-12-17/h2-10,12,15,19H,11,13-14H2,1H3,(H,23,25)/t19-/m1/s1. The van der Waals surface area contributed by atoms with Crippen molar-refractivity contribution in [2.75, 3.05) is 13.6 Å². The Kier molecular flexibility index (Phi) is 6.46. The highest BCUT2D eigenvalue weighted by Gasteiger charge is 2.17. The van der Waals surface area contributed by atoms with Crippen molar-refractivity contribution in [2.24, 2.45) is 0 Å². The number of amides is 1. The Labute approximate surface area is 157 Å². The lowest BCUT2D eigenvalue weighted by molar-refractivity contribution is -0.122. The average molecular weight is 366 g/mol. The first-order valence-electron chi connectivity index (χ1n) is 8.49. The number of pyridine rings is 2. The van der Waals surface area contributed by atoms with Gasteiger partial charge in [-0.3, -0.25) is 19.7 Å². The number of rotatable bonds is 8. The summed E-state index contributed by atoms with van der Waals surface area (Å²) in [7, 11) is 1.92. The number of hydrogen-bond donors (Lipinski definition) is 1. The fraction of sp³-hybridized carbons (Fsp3) is 0.250. The van der Waals surface area contributed by atoms with E-state index in [-0.39, 0.29) is 11.9 Å². The number of thiophene rings is 1. The van der Waals surface area contributed by atoms with Crippen molar-refractivity contribution < 1.29 is 4.79 Å². The summed E-state index contributed by atoms with van der Waals surface area (Å²) in [5.41, 5.74) is 3.18. The predicted octanol–water partition coefficient (Wildman–Crippen LogP) is 3.07. The van der Waals surface area contributed by atoms with Gasteiger partial charge in [0.15, 0.2) is 0 Å². The number of likely N-dealkylation sites (N-methyl/N-ethyl adjacent to an activating group) is 1. The zero-order valence-electron chi connectivity index (χ0n) is 14.7. The lowest BCUT2D eigenvalue weighted by Gasteiger charge is -2.21. The molecular weight excluding hydrogens is 344 g/mol. The van der Waals surface area contributed by atoms with E-state index in [2.05, 4.69) is 32.1 Å². The number of nitrogens with one attached hydrogen (secondary N) is 1. The predicted molar refractivity (Wildman–Crippen MR) is 104 cm³/mol. The molecule has 3 rings (SSSR count). The number of hydrogen-bond acceptors (Lipinski definition) is 5. The maximum atomic E-state index is 12.6. The lowest BCUT2D eigenvalue weighted by atomic mass is 10.0. The van der Waals surface area contributed by atoms with Crippen LogP contribution in [-0.4, -0.2) is 34.4 Å². The van der Waals surface area contributed by atoms with Gasteiger partial charge in [0, 0.05) is 25.1 Å². The molecule has 1 N–H and O–H groups in total. The quantitative estimate of drug-likeness (QED) is 0.666. The number of carbonyl (C=O) groups is 1. The van der Waals surface area contributed by atoms with Crippen LogP contribution >= 0.6 is 11.3 Å². The van der Waals surface area contributed by atoms with Crippen LogP contribution in [0.4, 0.5) is 0 Å². The average Bonchev–Trinajstić information content (AvgIpc) is 3.16. The molecule has 0 radical (unpaired) electrons. The molecule has 1 amide bonds. The fourth-order valence-electron chi connectivity index (χ4n) is 2.79. The van der Waals surface area contributed by atoms with Gasteiger partial charge >= 0.3 is 0 Å². The molecule has 0 bridgehead atoms. The molecule has 3 heterocycles. The Morgan fingerprint density at radius 3 is 2.85 bits per heavy atom. The van der Waals surface area contributed by atoms with Crippen molar-refractivity contribution in [2.45, 2.75) is 19.0 Å². The van der Waals surface area contributed by atoms with Gasteiger partial charge in [-0.2, -0.15) is 11.3 Å². The van der Waals surface area contributed by atoms with Gasteiger partial charge in [-0.25, -0.2) is 0 Å². The molecule has 6 heteroatoms. The Morgan fingerprint density at radius 1 is 1.23 bits per heavy atom. The van der Waals surface area contributed by atoms with Crippen LogP contribution in [0.5, 0.6) is 0 Å². The molecule has 0 aliphatic carbocycles. The second-order valence-corrected chi connectivity index (χ2v) is 7.02. The molecule has 0 unspecified atom stereocenters. The monoisotopic (exact) mass is 366 g/mol. The third-order valence-corrected chi connectivity index (χ3v) is 4.75. The van der Waals surface area contributed by atoms with Gasteiger partial charge in [-0.15, -0.1) is 0 Å². The molecular formula is C20H22N4OS. The van der Waals surface area contributed by atoms with Crippen LogP contribution in [0.15, 0.2) is 65.7 Å². The van der Waals surface area contributed by atoms with E-state index in [9.17, 15) is 4.79 Å². The molecule has 0 aliphatic rings. The number of aromatic nitrogens is 2. The van der Waals surface area contributed by atoms with E-state index >= 15 is 0 Å². The maximum absolute atomic E-state index is 12.6. The van der Waals surface area contributed by atoms with Crippen LogP contribution in [0.25, 0.3) is 0 Å². The topological polar surface area (TPSA) is 58.1 Å². The van der Waals surface area contributed by atoms with E-state index in [1.165, 1.54) is 5.56 Å². The molecule has 0 saturated carbocycles. The molecule has 1 atom stereocenters. The first-order valence-corrected chi connectivity index (χ1v) is 9.44. The summed E-state index contributed by atoms with van der Waals surface area (Å²) < 4.78 is 0. The minimum Gasteiger partial charge on any atom is -0.348 e. The molecule has 0 aromatic carbocycles. The summed E-state index contributed by atoms with van der Waals surface area (Å²) in [6.07, 6.45) is 6.08. The summed E-state index contributed by atoms with van der Waals surface area (Å²) in [5.74, 6) is -0.00693. The molecule has 3 aromatic rings. The van der Waals surface area contributed by atoms with E-state index in [1.54, 1.807) is 23.7 Å². The zero-order chi connectivity index (χ0) is 18.2. The van der Waals surface area contributed by atoms with Gasteiger partial charge in [-0.1, -0.05) is 12.1 Å². The van der Waals surface area contributed by atoms with Crippen molar-refractivity contribution in [3.05, 3.63) is 82.6 Å². The van der Waals surface area contributed by atoms with Crippen LogP contribution < -0.4 is 5.32 Å². The van der Waals surface area contributed by atoms with E-state index < -0.39 is 0 Å². The van der Waals surface area contributed by atoms with E-state index in [1.807, 2.05) is 48.5 Å². The molecule has 134 valence electrons. The number of carbonyl (C=O) groups excluding carboxylic acids is 1. The first-order chi connectivity index (χ1) is 12.7. The molecule has 0 aliphatic heterocycles. The van der Waals surface area contributed by atoms with Crippen molar-refractivity contribution in [3.8, 4) is 0 Å². The molecule has 0 fully saturated rings. The minimum absolute atomic E-state index is 0.00693. The van der Waals surface area contributed by atoms with Crippen molar-refractivity contribution >= 4 is 17.2 Å². The van der Waals surface area contributed by atoms with Crippen molar-refractivity contribution in [1.82, 2.24) is 20.2 Å². The molecule has 26 heavy (non-hydrogen) atoms. The van der Waals surface area contributed by atoms with Crippen LogP contribution in [0.3, 0.4) is 0 Å². The molecule has 5 nitrogen and oxygen atoms in total. The maximum Gasteiger partial charge on any atom is 0.234 e. The highest BCUT2D eigenvalue weighted by atomic mass is 32.1. The third-order valence-electron chi connectivity index (χ3n) is 4.01. The highest BCUT2D eigenvalue weighted by Crippen LogP contribution is 2.19. The fourth-order valence-corrected chi connectivity index (χ4v) is 3.47. The summed E-state index contributed by atoms with van der Waals surface area (Å²) >= 11 is 1.66. The summed E-state index contributed by atoms with van der Waals surface area (Å²) in [4.78, 5) is 23.0. The third kappa shape index (κ3) is 5.47. The Bertz CT molecular complexity index is 793. The number of nitrogens with zero attached hydrogens (tertiary/aromatic N) is 3. The Balaban J connectivity index is 1.61. The van der Waals surface area contributed by atoms with Gasteiger partial charge in [0.25, 0.3) is 0 Å². The second-order valence-electron chi connectivity index (χ2n) is 6.24. The second kappa shape index (κ2) is 9.22. The van der Waals surface area contributed by atoms with Crippen molar-refractivity contribution in [3.63, 3.8) is 0 Å². The molecule has 3 aromatic heterocycles. The summed E-state index contributed by atoms with van der Waals surface area (Å²) in [6, 6.07) is 11.7. The van der Waals surface area contributed by atoms with Gasteiger partial charge in [0.1, 0.15) is 0 Å². The SMILES string of the molecule is CN(CC(=O)N[C@H](Cc1ccsc1)c1cccnc1)Cc1ccccn1. The van der Waals surface area contributed by atoms with Gasteiger partial charge in [0.05, 0.1) is 18.3 Å². The minimum atomic E-state index is -0.0888. The zero-order valence-corrected chi connectivity index (χ0v) is 15.5. The molecule has 0 spiro atoms. The first kappa shape index (κ1) is 18.2. The largest absolute Gasteiger partial charge is 0.348 e. The van der Waals surface area contributed by atoms with Gasteiger partial charge in [-0.05, 0) is 59.6 Å². The highest BCUT2D eigenvalue weighted by molar-refractivity contribution is 7.07. The van der Waals surface area contributed by atoms with E-state index in [0.29, 0.717) is 13.1 Å². The summed E-state index contributed by atoms with van der Waals surface area (Å²) in [5, 5.41) is 7.32. The Hall–Kier alpha value is -2.57. The van der Waals surface area contributed by atoms with E-state index in [0.717, 1.165) is 17.7 Å². The lowest BCUT2D eigenvalue weighted by Crippen LogP contribution is -2.37. The van der Waals surface area contributed by atoms with Crippen LogP contribution in [0, 0.1) is 0 Å². The molecule has 0 saturated heterocycles. The van der Waals surface area contributed by atoms with Gasteiger partial charge < -0.3 is 5.32 Å². The van der Waals surface area contributed by atoms with Crippen LogP contribution in [-0.2, 0) is 17.8 Å². The Morgan fingerprint density at radius 2 is 2.15 bits per heavy atom. The normalized spacial score (nSPS) is 12.1.